The third kappa shape index (κ3) is 2.88. The predicted molar refractivity (Wildman–Crippen MR) is 57.4 cm³/mol. The van der Waals surface area contributed by atoms with Crippen molar-refractivity contribution in [3.63, 3.8) is 0 Å². The Hall–Kier alpha value is -1.29. The first kappa shape index (κ1) is 10.8. The first-order valence-corrected chi connectivity index (χ1v) is 4.58. The molecule has 0 atom stereocenters. The molecule has 0 saturated carbocycles. The van der Waals surface area contributed by atoms with E-state index in [1.165, 1.54) is 0 Å². The Morgan fingerprint density at radius 1 is 1.71 bits per heavy atom. The van der Waals surface area contributed by atoms with Gasteiger partial charge in [-0.25, -0.2) is 0 Å². The number of nitrogens with one attached hydrogen (secondary N) is 1. The Bertz CT molecular complexity index is 306. The van der Waals surface area contributed by atoms with E-state index in [1.807, 2.05) is 25.9 Å². The van der Waals surface area contributed by atoms with Crippen LogP contribution in [-0.4, -0.2) is 25.6 Å². The van der Waals surface area contributed by atoms with Gasteiger partial charge in [-0.1, -0.05) is 12.2 Å². The Morgan fingerprint density at radius 3 is 3.00 bits per heavy atom. The molecule has 4 heteroatoms. The summed E-state index contributed by atoms with van der Waals surface area (Å²) in [5, 5.41) is 3.02. The zero-order valence-electron chi connectivity index (χ0n) is 9.00. The van der Waals surface area contributed by atoms with E-state index >= 15 is 0 Å². The molecule has 0 saturated heterocycles. The van der Waals surface area contributed by atoms with Gasteiger partial charge < -0.3 is 14.6 Å². The summed E-state index contributed by atoms with van der Waals surface area (Å²) in [6.45, 7) is 7.31. The van der Waals surface area contributed by atoms with E-state index in [1.54, 1.807) is 6.26 Å². The Balaban J connectivity index is 2.61. The number of hydrogen-bond donors (Lipinski definition) is 1. The van der Waals surface area contributed by atoms with Crippen LogP contribution in [0.2, 0.25) is 0 Å². The van der Waals surface area contributed by atoms with Crippen LogP contribution in [0.5, 0.6) is 0 Å². The lowest BCUT2D eigenvalue weighted by Gasteiger charge is -2.13. The van der Waals surface area contributed by atoms with Gasteiger partial charge in [0.25, 0.3) is 6.01 Å². The topological polar surface area (TPSA) is 41.3 Å². The quantitative estimate of drug-likeness (QED) is 0.721. The van der Waals surface area contributed by atoms with E-state index in [2.05, 4.69) is 16.9 Å². The van der Waals surface area contributed by atoms with E-state index in [-0.39, 0.29) is 0 Å². The molecule has 0 unspecified atom stereocenters. The molecule has 0 aliphatic heterocycles. The highest BCUT2D eigenvalue weighted by Crippen LogP contribution is 2.12. The minimum absolute atomic E-state index is 0.637. The van der Waals surface area contributed by atoms with Gasteiger partial charge in [-0.05, 0) is 14.0 Å². The smallest absolute Gasteiger partial charge is 0.297 e. The maximum atomic E-state index is 5.31. The van der Waals surface area contributed by atoms with E-state index < -0.39 is 0 Å². The first-order chi connectivity index (χ1) is 6.63. The number of aromatic nitrogens is 1. The van der Waals surface area contributed by atoms with Crippen molar-refractivity contribution < 1.29 is 4.42 Å². The number of likely N-dealkylation sites (N-methyl/N-ethyl adjacent to an activating group) is 1. The number of anilines is 1. The molecule has 1 aromatic heterocycles. The SMILES string of the molecule is C=C(C)CN(C)c1nc(CNC)co1. The lowest BCUT2D eigenvalue weighted by molar-refractivity contribution is 0.548. The number of hydrogen-bond acceptors (Lipinski definition) is 4. The monoisotopic (exact) mass is 195 g/mol. The largest absolute Gasteiger partial charge is 0.432 e. The van der Waals surface area contributed by atoms with Crippen molar-refractivity contribution in [1.29, 1.82) is 0 Å². The zero-order valence-corrected chi connectivity index (χ0v) is 9.00. The van der Waals surface area contributed by atoms with Crippen molar-refractivity contribution >= 4 is 6.01 Å². The molecule has 0 aliphatic rings. The van der Waals surface area contributed by atoms with Crippen LogP contribution in [0.4, 0.5) is 6.01 Å². The average molecular weight is 195 g/mol. The molecule has 1 rings (SSSR count). The number of oxazole rings is 1. The first-order valence-electron chi connectivity index (χ1n) is 4.58. The van der Waals surface area contributed by atoms with E-state index in [0.717, 1.165) is 24.4 Å². The van der Waals surface area contributed by atoms with Crippen molar-refractivity contribution in [3.05, 3.63) is 24.1 Å². The summed E-state index contributed by atoms with van der Waals surface area (Å²) in [7, 11) is 3.82. The summed E-state index contributed by atoms with van der Waals surface area (Å²) in [5.74, 6) is 0. The third-order valence-corrected chi connectivity index (χ3v) is 1.73. The van der Waals surface area contributed by atoms with Gasteiger partial charge in [-0.2, -0.15) is 4.98 Å². The number of nitrogens with zero attached hydrogens (tertiary/aromatic N) is 2. The van der Waals surface area contributed by atoms with Gasteiger partial charge in [0.05, 0.1) is 5.69 Å². The molecule has 14 heavy (non-hydrogen) atoms. The molecule has 0 fully saturated rings. The average Bonchev–Trinajstić information content (AvgIpc) is 2.52. The molecule has 1 heterocycles. The molecule has 0 radical (unpaired) electrons. The van der Waals surface area contributed by atoms with Gasteiger partial charge in [-0.15, -0.1) is 0 Å². The standard InChI is InChI=1S/C10H17N3O/c1-8(2)6-13(4)10-12-9(5-11-3)7-14-10/h7,11H,1,5-6H2,2-4H3. The van der Waals surface area contributed by atoms with Crippen LogP contribution in [0.1, 0.15) is 12.6 Å². The second-order valence-electron chi connectivity index (χ2n) is 3.46. The summed E-state index contributed by atoms with van der Waals surface area (Å²) in [4.78, 5) is 6.24. The fourth-order valence-corrected chi connectivity index (χ4v) is 1.21. The van der Waals surface area contributed by atoms with Crippen LogP contribution in [0.3, 0.4) is 0 Å². The van der Waals surface area contributed by atoms with Gasteiger partial charge in [-0.3, -0.25) is 0 Å². The molecule has 78 valence electrons. The van der Waals surface area contributed by atoms with Gasteiger partial charge >= 0.3 is 0 Å². The van der Waals surface area contributed by atoms with Crippen molar-refractivity contribution in [2.45, 2.75) is 13.5 Å². The Kier molecular flexibility index (Phi) is 3.71. The van der Waals surface area contributed by atoms with E-state index in [4.69, 9.17) is 4.42 Å². The van der Waals surface area contributed by atoms with Crippen molar-refractivity contribution in [3.8, 4) is 0 Å². The van der Waals surface area contributed by atoms with Gasteiger partial charge in [0.2, 0.25) is 0 Å². The van der Waals surface area contributed by atoms with Gasteiger partial charge in [0.1, 0.15) is 6.26 Å². The van der Waals surface area contributed by atoms with E-state index in [0.29, 0.717) is 6.01 Å². The Morgan fingerprint density at radius 2 is 2.43 bits per heavy atom. The molecule has 0 bridgehead atoms. The molecule has 0 amide bonds. The van der Waals surface area contributed by atoms with Crippen molar-refractivity contribution in [2.75, 3.05) is 25.5 Å². The van der Waals surface area contributed by atoms with Crippen LogP contribution in [0, 0.1) is 0 Å². The maximum Gasteiger partial charge on any atom is 0.297 e. The third-order valence-electron chi connectivity index (χ3n) is 1.73. The predicted octanol–water partition coefficient (Wildman–Crippen LogP) is 1.41. The fraction of sp³-hybridized carbons (Fsp3) is 0.500. The summed E-state index contributed by atoms with van der Waals surface area (Å²) in [6.07, 6.45) is 1.67. The van der Waals surface area contributed by atoms with Crippen LogP contribution < -0.4 is 10.2 Å². The minimum atomic E-state index is 0.637. The molecule has 1 N–H and O–H groups in total. The van der Waals surface area contributed by atoms with Crippen LogP contribution in [0.15, 0.2) is 22.8 Å². The highest BCUT2D eigenvalue weighted by atomic mass is 16.4. The lowest BCUT2D eigenvalue weighted by atomic mass is 10.3. The molecule has 4 nitrogen and oxygen atoms in total. The maximum absolute atomic E-state index is 5.31. The zero-order chi connectivity index (χ0) is 10.6. The normalized spacial score (nSPS) is 10.2. The summed E-state index contributed by atoms with van der Waals surface area (Å²) < 4.78 is 5.31. The van der Waals surface area contributed by atoms with Crippen LogP contribution in [0.25, 0.3) is 0 Å². The summed E-state index contributed by atoms with van der Waals surface area (Å²) in [6, 6.07) is 0.637. The summed E-state index contributed by atoms with van der Waals surface area (Å²) >= 11 is 0. The minimum Gasteiger partial charge on any atom is -0.432 e. The van der Waals surface area contributed by atoms with Gasteiger partial charge in [0, 0.05) is 20.1 Å². The lowest BCUT2D eigenvalue weighted by Crippen LogP contribution is -2.19. The molecule has 0 spiro atoms. The highest BCUT2D eigenvalue weighted by molar-refractivity contribution is 5.27. The molecule has 0 aliphatic carbocycles. The van der Waals surface area contributed by atoms with E-state index in [9.17, 15) is 0 Å². The molecular formula is C10H17N3O. The molecule has 0 aromatic carbocycles. The highest BCUT2D eigenvalue weighted by Gasteiger charge is 2.07. The van der Waals surface area contributed by atoms with Crippen molar-refractivity contribution in [1.82, 2.24) is 10.3 Å². The van der Waals surface area contributed by atoms with Crippen molar-refractivity contribution in [2.24, 2.45) is 0 Å². The molecule has 1 aromatic rings. The Labute approximate surface area is 84.6 Å². The summed E-state index contributed by atoms with van der Waals surface area (Å²) in [5.41, 5.74) is 2.00. The second-order valence-corrected chi connectivity index (χ2v) is 3.46. The second kappa shape index (κ2) is 4.81. The molecular weight excluding hydrogens is 178 g/mol. The van der Waals surface area contributed by atoms with Crippen LogP contribution in [-0.2, 0) is 6.54 Å². The van der Waals surface area contributed by atoms with Crippen LogP contribution >= 0.6 is 0 Å². The number of rotatable bonds is 5. The van der Waals surface area contributed by atoms with Gasteiger partial charge in [0.15, 0.2) is 0 Å². The fourth-order valence-electron chi connectivity index (χ4n) is 1.21.